The van der Waals surface area contributed by atoms with E-state index < -0.39 is 0 Å². The first-order valence-electron chi connectivity index (χ1n) is 8.80. The summed E-state index contributed by atoms with van der Waals surface area (Å²) in [5.74, 6) is 0.678. The van der Waals surface area contributed by atoms with Crippen molar-refractivity contribution < 1.29 is 14.3 Å². The van der Waals surface area contributed by atoms with Gasteiger partial charge in [-0.05, 0) is 68.4 Å². The number of ketones is 1. The van der Waals surface area contributed by atoms with Gasteiger partial charge in [-0.25, -0.2) is 9.97 Å². The number of carbonyl (C=O) groups excluding carboxylic acids is 2. The molecule has 7 nitrogen and oxygen atoms in total. The van der Waals surface area contributed by atoms with Gasteiger partial charge in [0, 0.05) is 23.1 Å². The predicted molar refractivity (Wildman–Crippen MR) is 107 cm³/mol. The summed E-state index contributed by atoms with van der Waals surface area (Å²) in [4.78, 5) is 32.2. The molecule has 0 fully saturated rings. The highest BCUT2D eigenvalue weighted by molar-refractivity contribution is 6.03. The van der Waals surface area contributed by atoms with Gasteiger partial charge in [-0.1, -0.05) is 0 Å². The minimum Gasteiger partial charge on any atom is -0.494 e. The molecule has 3 rings (SSSR count). The number of rotatable bonds is 7. The Bertz CT molecular complexity index is 970. The van der Waals surface area contributed by atoms with Crippen molar-refractivity contribution in [1.82, 2.24) is 9.97 Å². The summed E-state index contributed by atoms with van der Waals surface area (Å²) >= 11 is 0. The topological polar surface area (TPSA) is 93.2 Å². The van der Waals surface area contributed by atoms with Crippen LogP contribution in [0.25, 0.3) is 0 Å². The highest BCUT2D eigenvalue weighted by Gasteiger charge is 2.10. The average molecular weight is 376 g/mol. The van der Waals surface area contributed by atoms with Crippen LogP contribution >= 0.6 is 0 Å². The van der Waals surface area contributed by atoms with Crippen LogP contribution in [0, 0.1) is 0 Å². The smallest absolute Gasteiger partial charge is 0.274 e. The highest BCUT2D eigenvalue weighted by Crippen LogP contribution is 2.17. The molecule has 1 aromatic heterocycles. The van der Waals surface area contributed by atoms with Crippen molar-refractivity contribution >= 4 is 29.0 Å². The summed E-state index contributed by atoms with van der Waals surface area (Å²) in [6, 6.07) is 15.6. The van der Waals surface area contributed by atoms with Gasteiger partial charge in [-0.2, -0.15) is 0 Å². The van der Waals surface area contributed by atoms with Gasteiger partial charge in [-0.15, -0.1) is 0 Å². The summed E-state index contributed by atoms with van der Waals surface area (Å²) < 4.78 is 5.38. The summed E-state index contributed by atoms with van der Waals surface area (Å²) in [7, 11) is 0. The van der Waals surface area contributed by atoms with Gasteiger partial charge < -0.3 is 15.4 Å². The van der Waals surface area contributed by atoms with E-state index in [1.54, 1.807) is 48.5 Å². The van der Waals surface area contributed by atoms with E-state index >= 15 is 0 Å². The molecule has 142 valence electrons. The van der Waals surface area contributed by atoms with Crippen molar-refractivity contribution in [2.45, 2.75) is 13.8 Å². The van der Waals surface area contributed by atoms with Crippen LogP contribution < -0.4 is 15.4 Å². The van der Waals surface area contributed by atoms with Crippen molar-refractivity contribution in [1.29, 1.82) is 0 Å². The van der Waals surface area contributed by atoms with Gasteiger partial charge >= 0.3 is 0 Å². The molecule has 0 radical (unpaired) electrons. The minimum absolute atomic E-state index is 0.00393. The van der Waals surface area contributed by atoms with Crippen molar-refractivity contribution in [3.8, 4) is 5.75 Å². The van der Waals surface area contributed by atoms with Crippen molar-refractivity contribution in [2.75, 3.05) is 17.2 Å². The quantitative estimate of drug-likeness (QED) is 0.604. The highest BCUT2D eigenvalue weighted by atomic mass is 16.5. The molecule has 2 N–H and O–H groups in total. The third kappa shape index (κ3) is 4.91. The van der Waals surface area contributed by atoms with Gasteiger partial charge in [0.15, 0.2) is 5.78 Å². The molecule has 0 spiro atoms. The second-order valence-electron chi connectivity index (χ2n) is 5.94. The number of carbonyl (C=O) groups is 2. The normalized spacial score (nSPS) is 10.2. The van der Waals surface area contributed by atoms with Crippen LogP contribution in [0.1, 0.15) is 34.7 Å². The maximum absolute atomic E-state index is 12.5. The number of Topliss-reactive ketones (excluding diaryl/α,β-unsaturated/α-hetero) is 1. The fourth-order valence-corrected chi connectivity index (χ4v) is 2.46. The average Bonchev–Trinajstić information content (AvgIpc) is 2.70. The SMILES string of the molecule is CCOc1ccc(NC(=O)c2ccnc(Nc3ccc(C(C)=O)cc3)n2)cc1. The molecule has 0 saturated carbocycles. The fraction of sp³-hybridized carbons (Fsp3) is 0.143. The molecule has 1 heterocycles. The first-order chi connectivity index (χ1) is 13.5. The van der Waals surface area contributed by atoms with Gasteiger partial charge in [0.05, 0.1) is 6.61 Å². The van der Waals surface area contributed by atoms with E-state index in [1.807, 2.05) is 6.92 Å². The molecule has 0 bridgehead atoms. The molecule has 2 aromatic carbocycles. The van der Waals surface area contributed by atoms with Crippen LogP contribution in [0.15, 0.2) is 60.8 Å². The van der Waals surface area contributed by atoms with Crippen molar-refractivity contribution in [3.05, 3.63) is 72.1 Å². The summed E-state index contributed by atoms with van der Waals surface area (Å²) in [6.45, 7) is 4.01. The van der Waals surface area contributed by atoms with E-state index in [-0.39, 0.29) is 23.3 Å². The first-order valence-corrected chi connectivity index (χ1v) is 8.80. The molecule has 1 amide bonds. The van der Waals surface area contributed by atoms with Crippen LogP contribution in [-0.4, -0.2) is 28.3 Å². The Morgan fingerprint density at radius 3 is 2.29 bits per heavy atom. The second kappa shape index (κ2) is 8.77. The number of hydrogen-bond acceptors (Lipinski definition) is 6. The number of benzene rings is 2. The molecule has 0 aliphatic heterocycles. The Labute approximate surface area is 162 Å². The van der Waals surface area contributed by atoms with E-state index in [9.17, 15) is 9.59 Å². The molecular formula is C21H20N4O3. The zero-order chi connectivity index (χ0) is 19.9. The summed E-state index contributed by atoms with van der Waals surface area (Å²) in [5.41, 5.74) is 2.21. The lowest BCUT2D eigenvalue weighted by molar-refractivity contribution is 0.101. The number of aromatic nitrogens is 2. The lowest BCUT2D eigenvalue weighted by Gasteiger charge is -2.08. The molecule has 0 aliphatic rings. The third-order valence-electron chi connectivity index (χ3n) is 3.86. The number of hydrogen-bond donors (Lipinski definition) is 2. The van der Waals surface area contributed by atoms with E-state index in [4.69, 9.17) is 4.74 Å². The first kappa shape index (κ1) is 19.0. The van der Waals surface area contributed by atoms with Crippen LogP contribution in [0.4, 0.5) is 17.3 Å². The molecule has 0 saturated heterocycles. The van der Waals surface area contributed by atoms with E-state index in [1.165, 1.54) is 19.2 Å². The molecule has 3 aromatic rings. The largest absolute Gasteiger partial charge is 0.494 e. The maximum atomic E-state index is 12.5. The number of ether oxygens (including phenoxy) is 1. The number of amides is 1. The molecule has 0 unspecified atom stereocenters. The zero-order valence-corrected chi connectivity index (χ0v) is 15.6. The zero-order valence-electron chi connectivity index (χ0n) is 15.6. The summed E-state index contributed by atoms with van der Waals surface area (Å²) in [6.07, 6.45) is 1.51. The van der Waals surface area contributed by atoms with E-state index in [2.05, 4.69) is 20.6 Å². The standard InChI is InChI=1S/C21H20N4O3/c1-3-28-18-10-8-16(9-11-18)23-20(27)19-12-13-22-21(25-19)24-17-6-4-15(5-7-17)14(2)26/h4-13H,3H2,1-2H3,(H,23,27)(H,22,24,25). The van der Waals surface area contributed by atoms with Gasteiger partial charge in [0.25, 0.3) is 5.91 Å². The Morgan fingerprint density at radius 1 is 0.964 bits per heavy atom. The van der Waals surface area contributed by atoms with Crippen LogP contribution in [0.2, 0.25) is 0 Å². The van der Waals surface area contributed by atoms with Gasteiger partial charge in [-0.3, -0.25) is 9.59 Å². The Balaban J connectivity index is 1.68. The van der Waals surface area contributed by atoms with Gasteiger partial charge in [0.2, 0.25) is 5.95 Å². The summed E-state index contributed by atoms with van der Waals surface area (Å²) in [5, 5.41) is 5.81. The lowest BCUT2D eigenvalue weighted by atomic mass is 10.1. The lowest BCUT2D eigenvalue weighted by Crippen LogP contribution is -2.14. The van der Waals surface area contributed by atoms with E-state index in [0.717, 1.165) is 5.75 Å². The minimum atomic E-state index is -0.346. The number of nitrogens with one attached hydrogen (secondary N) is 2. The second-order valence-corrected chi connectivity index (χ2v) is 5.94. The molecule has 0 atom stereocenters. The van der Waals surface area contributed by atoms with Crippen molar-refractivity contribution in [2.24, 2.45) is 0 Å². The number of anilines is 3. The molecule has 7 heteroatoms. The van der Waals surface area contributed by atoms with Crippen molar-refractivity contribution in [3.63, 3.8) is 0 Å². The Morgan fingerprint density at radius 2 is 1.64 bits per heavy atom. The third-order valence-corrected chi connectivity index (χ3v) is 3.86. The maximum Gasteiger partial charge on any atom is 0.274 e. The predicted octanol–water partition coefficient (Wildman–Crippen LogP) is 4.07. The van der Waals surface area contributed by atoms with Crippen LogP contribution in [-0.2, 0) is 0 Å². The van der Waals surface area contributed by atoms with Crippen LogP contribution in [0.3, 0.4) is 0 Å². The molecule has 28 heavy (non-hydrogen) atoms. The molecule has 0 aliphatic carbocycles. The Hall–Kier alpha value is -3.74. The number of nitrogens with zero attached hydrogens (tertiary/aromatic N) is 2. The monoisotopic (exact) mass is 376 g/mol. The van der Waals surface area contributed by atoms with Crippen LogP contribution in [0.5, 0.6) is 5.75 Å². The van der Waals surface area contributed by atoms with Gasteiger partial charge in [0.1, 0.15) is 11.4 Å². The fourth-order valence-electron chi connectivity index (χ4n) is 2.46. The Kier molecular flexibility index (Phi) is 5.96. The molecular weight excluding hydrogens is 356 g/mol. The van der Waals surface area contributed by atoms with E-state index in [0.29, 0.717) is 23.5 Å².